The quantitative estimate of drug-likeness (QED) is 0.416. The third-order valence-electron chi connectivity index (χ3n) is 4.86. The number of likely N-dealkylation sites (tertiary alicyclic amines) is 1. The SMILES string of the molecule is CCNCC(=O)O.CNc1cccc2c1C(=O)N(C1CCC(=O)N(CCO)C1=O)C2=O. The van der Waals surface area contributed by atoms with Gasteiger partial charge in [-0.15, -0.1) is 0 Å². The Bertz CT molecular complexity index is 886. The predicted molar refractivity (Wildman–Crippen MR) is 109 cm³/mol. The van der Waals surface area contributed by atoms with Gasteiger partial charge in [-0.25, -0.2) is 0 Å². The molecule has 168 valence electrons. The second-order valence-electron chi connectivity index (χ2n) is 6.79. The van der Waals surface area contributed by atoms with E-state index >= 15 is 0 Å². The number of aliphatic hydroxyl groups excluding tert-OH is 1. The van der Waals surface area contributed by atoms with Crippen LogP contribution in [0.4, 0.5) is 5.69 Å². The van der Waals surface area contributed by atoms with Crippen molar-refractivity contribution < 1.29 is 34.2 Å². The summed E-state index contributed by atoms with van der Waals surface area (Å²) in [4.78, 5) is 61.3. The highest BCUT2D eigenvalue weighted by Crippen LogP contribution is 2.32. The molecule has 1 unspecified atom stereocenters. The highest BCUT2D eigenvalue weighted by Gasteiger charge is 2.47. The van der Waals surface area contributed by atoms with E-state index in [0.29, 0.717) is 12.2 Å². The first-order valence-corrected chi connectivity index (χ1v) is 9.84. The molecule has 0 saturated carbocycles. The van der Waals surface area contributed by atoms with Crippen LogP contribution in [0.1, 0.15) is 40.5 Å². The maximum Gasteiger partial charge on any atom is 0.317 e. The van der Waals surface area contributed by atoms with Crippen molar-refractivity contribution in [1.82, 2.24) is 15.1 Å². The van der Waals surface area contributed by atoms with Crippen molar-refractivity contribution in [2.24, 2.45) is 0 Å². The van der Waals surface area contributed by atoms with Crippen molar-refractivity contribution in [3.63, 3.8) is 0 Å². The zero-order valence-corrected chi connectivity index (χ0v) is 17.4. The van der Waals surface area contributed by atoms with Crippen LogP contribution in [0.2, 0.25) is 0 Å². The number of aliphatic carboxylic acids is 1. The number of carboxylic acid groups (broad SMARTS) is 1. The Kier molecular flexibility index (Phi) is 8.22. The molecule has 4 N–H and O–H groups in total. The van der Waals surface area contributed by atoms with Crippen LogP contribution in [0.3, 0.4) is 0 Å². The maximum atomic E-state index is 12.7. The second kappa shape index (κ2) is 10.6. The van der Waals surface area contributed by atoms with E-state index in [0.717, 1.165) is 9.80 Å². The van der Waals surface area contributed by atoms with Gasteiger partial charge in [0.2, 0.25) is 5.91 Å². The topological polar surface area (TPSA) is 156 Å². The van der Waals surface area contributed by atoms with Gasteiger partial charge in [-0.2, -0.15) is 0 Å². The molecule has 2 aliphatic rings. The number of nitrogens with one attached hydrogen (secondary N) is 2. The first kappa shape index (κ1) is 24.0. The zero-order valence-electron chi connectivity index (χ0n) is 17.4. The van der Waals surface area contributed by atoms with Gasteiger partial charge in [0.25, 0.3) is 17.7 Å². The Morgan fingerprint density at radius 2 is 1.90 bits per heavy atom. The Labute approximate surface area is 179 Å². The average molecular weight is 434 g/mol. The molecule has 0 aromatic heterocycles. The monoisotopic (exact) mass is 434 g/mol. The molecule has 2 heterocycles. The number of rotatable bonds is 7. The lowest BCUT2D eigenvalue weighted by molar-refractivity contribution is -0.152. The Morgan fingerprint density at radius 1 is 1.19 bits per heavy atom. The molecule has 0 bridgehead atoms. The molecule has 4 amide bonds. The Balaban J connectivity index is 0.000000423. The zero-order chi connectivity index (χ0) is 23.1. The van der Waals surface area contributed by atoms with Crippen LogP contribution < -0.4 is 10.6 Å². The van der Waals surface area contributed by atoms with Crippen molar-refractivity contribution in [1.29, 1.82) is 0 Å². The fourth-order valence-corrected chi connectivity index (χ4v) is 3.42. The molecule has 1 aromatic carbocycles. The molecule has 1 fully saturated rings. The number of nitrogens with zero attached hydrogens (tertiary/aromatic N) is 2. The number of amides is 4. The van der Waals surface area contributed by atoms with E-state index in [2.05, 4.69) is 10.6 Å². The predicted octanol–water partition coefficient (Wildman–Crippen LogP) is -0.485. The van der Waals surface area contributed by atoms with Gasteiger partial charge in [0.1, 0.15) is 6.04 Å². The summed E-state index contributed by atoms with van der Waals surface area (Å²) < 4.78 is 0. The van der Waals surface area contributed by atoms with Gasteiger partial charge in [-0.05, 0) is 25.1 Å². The molecule has 31 heavy (non-hydrogen) atoms. The van der Waals surface area contributed by atoms with E-state index < -0.39 is 35.6 Å². The molecule has 2 aliphatic heterocycles. The second-order valence-corrected chi connectivity index (χ2v) is 6.79. The standard InChI is InChI=1S/C16H17N3O5.C4H9NO2/c1-17-10-4-2-3-9-13(10)16(24)19(14(9)22)11-5-6-12(21)18(7-8-20)15(11)23;1-2-5-3-4(6)7/h2-4,11,17,20H,5-8H2,1H3;5H,2-3H2,1H3,(H,6,7). The molecule has 0 radical (unpaired) electrons. The van der Waals surface area contributed by atoms with E-state index in [9.17, 15) is 24.0 Å². The van der Waals surface area contributed by atoms with Gasteiger partial charge in [-0.1, -0.05) is 13.0 Å². The van der Waals surface area contributed by atoms with Gasteiger partial charge in [0, 0.05) is 19.2 Å². The van der Waals surface area contributed by atoms with E-state index in [1.54, 1.807) is 25.2 Å². The van der Waals surface area contributed by atoms with Crippen molar-refractivity contribution in [2.45, 2.75) is 25.8 Å². The highest BCUT2D eigenvalue weighted by atomic mass is 16.4. The Hall–Kier alpha value is -3.31. The summed E-state index contributed by atoms with van der Waals surface area (Å²) in [5.41, 5.74) is 0.994. The number of carboxylic acids is 1. The average Bonchev–Trinajstić information content (AvgIpc) is 3.01. The van der Waals surface area contributed by atoms with Crippen LogP contribution in [-0.2, 0) is 14.4 Å². The normalized spacial score (nSPS) is 18.0. The van der Waals surface area contributed by atoms with Crippen molar-refractivity contribution >= 4 is 35.3 Å². The molecule has 3 rings (SSSR count). The minimum absolute atomic E-state index is 0.0443. The number of aliphatic hydroxyl groups is 1. The van der Waals surface area contributed by atoms with Crippen LogP contribution in [0.15, 0.2) is 18.2 Å². The summed E-state index contributed by atoms with van der Waals surface area (Å²) in [6.07, 6.45) is 0.142. The summed E-state index contributed by atoms with van der Waals surface area (Å²) in [6.45, 7) is 2.14. The van der Waals surface area contributed by atoms with E-state index in [-0.39, 0.29) is 43.7 Å². The number of carbonyl (C=O) groups is 5. The van der Waals surface area contributed by atoms with Crippen LogP contribution in [0.25, 0.3) is 0 Å². The fraction of sp³-hybridized carbons (Fsp3) is 0.450. The van der Waals surface area contributed by atoms with Crippen LogP contribution in [-0.4, -0.2) is 88.9 Å². The number of imide groups is 2. The van der Waals surface area contributed by atoms with E-state index in [4.69, 9.17) is 10.2 Å². The van der Waals surface area contributed by atoms with Gasteiger partial charge < -0.3 is 20.8 Å². The number of benzene rings is 1. The molecular weight excluding hydrogens is 408 g/mol. The van der Waals surface area contributed by atoms with Crippen LogP contribution in [0, 0.1) is 0 Å². The largest absolute Gasteiger partial charge is 0.480 e. The lowest BCUT2D eigenvalue weighted by Gasteiger charge is -2.34. The van der Waals surface area contributed by atoms with Crippen molar-refractivity contribution in [3.05, 3.63) is 29.3 Å². The summed E-state index contributed by atoms with van der Waals surface area (Å²) in [5, 5.41) is 22.5. The summed E-state index contributed by atoms with van der Waals surface area (Å²) in [5.74, 6) is -2.92. The first-order chi connectivity index (χ1) is 14.8. The van der Waals surface area contributed by atoms with Crippen molar-refractivity contribution in [3.8, 4) is 0 Å². The number of fused-ring (bicyclic) bond motifs is 1. The van der Waals surface area contributed by atoms with Gasteiger partial charge in [0.15, 0.2) is 0 Å². The van der Waals surface area contributed by atoms with E-state index in [1.807, 2.05) is 6.92 Å². The number of anilines is 1. The summed E-state index contributed by atoms with van der Waals surface area (Å²) in [6, 6.07) is 3.85. The summed E-state index contributed by atoms with van der Waals surface area (Å²) in [7, 11) is 1.64. The third-order valence-corrected chi connectivity index (χ3v) is 4.86. The van der Waals surface area contributed by atoms with Gasteiger partial charge in [0.05, 0.1) is 30.8 Å². The number of likely N-dealkylation sites (N-methyl/N-ethyl adjacent to an activating group) is 1. The van der Waals surface area contributed by atoms with Crippen LogP contribution in [0.5, 0.6) is 0 Å². The minimum atomic E-state index is -1.02. The lowest BCUT2D eigenvalue weighted by atomic mass is 10.0. The molecular formula is C20H26N4O7. The molecule has 0 spiro atoms. The third kappa shape index (κ3) is 5.06. The molecule has 1 aromatic rings. The molecule has 1 atom stereocenters. The van der Waals surface area contributed by atoms with Crippen LogP contribution >= 0.6 is 0 Å². The van der Waals surface area contributed by atoms with Gasteiger partial charge >= 0.3 is 5.97 Å². The molecule has 0 aliphatic carbocycles. The number of hydrogen-bond donors (Lipinski definition) is 4. The fourth-order valence-electron chi connectivity index (χ4n) is 3.42. The smallest absolute Gasteiger partial charge is 0.317 e. The number of piperidine rings is 1. The maximum absolute atomic E-state index is 12.7. The molecule has 1 saturated heterocycles. The highest BCUT2D eigenvalue weighted by molar-refractivity contribution is 6.25. The first-order valence-electron chi connectivity index (χ1n) is 9.84. The number of carbonyl (C=O) groups excluding carboxylic acids is 4. The van der Waals surface area contributed by atoms with Gasteiger partial charge in [-0.3, -0.25) is 33.8 Å². The molecule has 11 nitrogen and oxygen atoms in total. The number of β-amino-alcohol motifs (C(OH)–C–C–N with tert-alkyl or cyclic N) is 1. The molecule has 11 heteroatoms. The number of hydrogen-bond acceptors (Lipinski definition) is 8. The van der Waals surface area contributed by atoms with E-state index in [1.165, 1.54) is 0 Å². The van der Waals surface area contributed by atoms with Crippen molar-refractivity contribution in [2.75, 3.05) is 38.6 Å². The lowest BCUT2D eigenvalue weighted by Crippen LogP contribution is -2.56. The minimum Gasteiger partial charge on any atom is -0.480 e. The summed E-state index contributed by atoms with van der Waals surface area (Å²) >= 11 is 0. The Morgan fingerprint density at radius 3 is 2.45 bits per heavy atom.